The molecule has 4 aromatic rings. The fourth-order valence-electron chi connectivity index (χ4n) is 9.35. The number of rotatable bonds is 8. The van der Waals surface area contributed by atoms with Gasteiger partial charge in [0, 0.05) is 90.2 Å². The van der Waals surface area contributed by atoms with Crippen molar-refractivity contribution < 1.29 is 4.74 Å². The average Bonchev–Trinajstić information content (AvgIpc) is 3.74. The molecule has 0 saturated carbocycles. The number of hydrogen-bond acceptors (Lipinski definition) is 10. The summed E-state index contributed by atoms with van der Waals surface area (Å²) in [7, 11) is -4.73. The minimum atomic E-state index is -4.73. The Balaban J connectivity index is 1.69. The highest BCUT2D eigenvalue weighted by molar-refractivity contribution is 8.59. The lowest BCUT2D eigenvalue weighted by Gasteiger charge is -2.90. The largest absolute Gasteiger partial charge is 0.379 e. The van der Waals surface area contributed by atoms with Crippen LogP contribution in [0, 0.1) is 0 Å². The van der Waals surface area contributed by atoms with Crippen molar-refractivity contribution in [3.8, 4) is 11.3 Å². The molecule has 1 N–H and O–H groups in total. The Morgan fingerprint density at radius 3 is 1.73 bits per heavy atom. The SMILES string of the molecule is c1ccc(-c2c(N3CCCC3)ccnc2S(c2ccccn2)(c2ccccn2)(N2CCCCC2)(N2CCNCC2)N2CCOCC2)nc1. The van der Waals surface area contributed by atoms with Gasteiger partial charge in [-0.05, 0) is 77.0 Å². The number of piperidine rings is 1. The third kappa shape index (κ3) is 4.12. The monoisotopic (exact) mass is 667 g/mol. The molecule has 8 heterocycles. The molecule has 11 heteroatoms. The highest BCUT2D eigenvalue weighted by atomic mass is 32.4. The van der Waals surface area contributed by atoms with E-state index in [2.05, 4.69) is 83.9 Å². The van der Waals surface area contributed by atoms with Gasteiger partial charge in [-0.15, -0.1) is 0 Å². The van der Waals surface area contributed by atoms with E-state index in [0.717, 1.165) is 105 Å². The number of nitrogens with one attached hydrogen (secondary N) is 1. The van der Waals surface area contributed by atoms with Crippen molar-refractivity contribution in [1.82, 2.24) is 38.2 Å². The van der Waals surface area contributed by atoms with Crippen LogP contribution in [0.1, 0.15) is 32.1 Å². The minimum Gasteiger partial charge on any atom is -0.379 e. The molecular formula is C37H49N9OS. The molecular weight excluding hydrogens is 619 g/mol. The molecule has 254 valence electrons. The predicted octanol–water partition coefficient (Wildman–Crippen LogP) is 5.36. The minimum absolute atomic E-state index is 0.629. The van der Waals surface area contributed by atoms with Crippen LogP contribution < -0.4 is 10.2 Å². The van der Waals surface area contributed by atoms with Crippen LogP contribution in [0.25, 0.3) is 11.3 Å². The van der Waals surface area contributed by atoms with E-state index in [1.165, 1.54) is 24.9 Å². The molecule has 4 fully saturated rings. The normalized spacial score (nSPS) is 21.9. The van der Waals surface area contributed by atoms with Crippen molar-refractivity contribution in [2.75, 3.05) is 83.6 Å². The molecule has 4 aliphatic heterocycles. The van der Waals surface area contributed by atoms with Crippen molar-refractivity contribution >= 4 is 14.5 Å². The van der Waals surface area contributed by atoms with E-state index in [4.69, 9.17) is 24.7 Å². The number of pyridine rings is 4. The lowest BCUT2D eigenvalue weighted by atomic mass is 10.1. The van der Waals surface area contributed by atoms with Gasteiger partial charge in [0.2, 0.25) is 0 Å². The highest BCUT2D eigenvalue weighted by Crippen LogP contribution is 3.06. The summed E-state index contributed by atoms with van der Waals surface area (Å²) in [5, 5.41) is 6.83. The van der Waals surface area contributed by atoms with Crippen molar-refractivity contribution in [3.63, 3.8) is 0 Å². The molecule has 0 atom stereocenters. The first-order valence-electron chi connectivity index (χ1n) is 17.9. The Kier molecular flexibility index (Phi) is 8.46. The van der Waals surface area contributed by atoms with Crippen LogP contribution in [0.3, 0.4) is 0 Å². The molecule has 0 amide bonds. The van der Waals surface area contributed by atoms with E-state index in [0.29, 0.717) is 13.2 Å². The number of aromatic nitrogens is 4. The molecule has 48 heavy (non-hydrogen) atoms. The summed E-state index contributed by atoms with van der Waals surface area (Å²) in [4.78, 5) is 24.7. The van der Waals surface area contributed by atoms with Gasteiger partial charge in [-0.1, -0.05) is 24.6 Å². The molecule has 4 aliphatic rings. The Morgan fingerprint density at radius 1 is 0.542 bits per heavy atom. The van der Waals surface area contributed by atoms with E-state index in [9.17, 15) is 0 Å². The molecule has 0 bridgehead atoms. The summed E-state index contributed by atoms with van der Waals surface area (Å²) >= 11 is 0. The first-order chi connectivity index (χ1) is 23.8. The smallest absolute Gasteiger partial charge is 0.120 e. The van der Waals surface area contributed by atoms with Gasteiger partial charge < -0.3 is 15.0 Å². The maximum atomic E-state index is 6.23. The average molecular weight is 668 g/mol. The second kappa shape index (κ2) is 12.8. The highest BCUT2D eigenvalue weighted by Gasteiger charge is 2.79. The van der Waals surface area contributed by atoms with Crippen LogP contribution in [0.15, 0.2) is 101 Å². The van der Waals surface area contributed by atoms with Gasteiger partial charge in [0.15, 0.2) is 0 Å². The van der Waals surface area contributed by atoms with Gasteiger partial charge in [-0.25, -0.2) is 27.9 Å². The standard InChI is InChI=1S/C37H49N9OS/c1-8-24-44(25-9-1)48(34-13-3-6-17-40-34,35-14-4-7-18-41-35,45-26-20-38-21-27-45,46-28-30-47-31-29-46)37-36(32-12-2-5-16-39-32)33(15-19-42-37)43-22-10-11-23-43/h2-7,12-19,38H,1,8-11,20-31H2. The van der Waals surface area contributed by atoms with Crippen molar-refractivity contribution in [1.29, 1.82) is 0 Å². The van der Waals surface area contributed by atoms with Gasteiger partial charge in [-0.3, -0.25) is 4.98 Å². The number of ether oxygens (including phenoxy) is 1. The molecule has 0 aliphatic carbocycles. The van der Waals surface area contributed by atoms with Crippen LogP contribution in [0.5, 0.6) is 0 Å². The first kappa shape index (κ1) is 31.8. The van der Waals surface area contributed by atoms with Gasteiger partial charge in [-0.2, -0.15) is 0 Å². The zero-order chi connectivity index (χ0) is 32.3. The summed E-state index contributed by atoms with van der Waals surface area (Å²) in [6.07, 6.45) is 13.8. The van der Waals surface area contributed by atoms with Crippen molar-refractivity contribution in [2.45, 2.75) is 47.2 Å². The third-order valence-corrected chi connectivity index (χ3v) is 19.6. The Labute approximate surface area is 284 Å². The van der Waals surface area contributed by atoms with Crippen LogP contribution >= 0.6 is 8.85 Å². The number of morpholine rings is 1. The zero-order valence-corrected chi connectivity index (χ0v) is 28.8. The summed E-state index contributed by atoms with van der Waals surface area (Å²) in [6.45, 7) is 9.93. The van der Waals surface area contributed by atoms with Crippen LogP contribution in [0.2, 0.25) is 0 Å². The number of nitrogens with zero attached hydrogens (tertiary/aromatic N) is 8. The topological polar surface area (TPSA) is 85.8 Å². The predicted molar refractivity (Wildman–Crippen MR) is 192 cm³/mol. The lowest BCUT2D eigenvalue weighted by Crippen LogP contribution is -2.74. The number of piperazine rings is 1. The van der Waals surface area contributed by atoms with Gasteiger partial charge >= 0.3 is 0 Å². The summed E-state index contributed by atoms with van der Waals surface area (Å²) in [5.41, 5.74) is 3.25. The first-order valence-corrected chi connectivity index (χ1v) is 20.2. The molecule has 0 spiro atoms. The van der Waals surface area contributed by atoms with E-state index in [1.807, 2.05) is 24.7 Å². The van der Waals surface area contributed by atoms with E-state index >= 15 is 0 Å². The second-order valence-electron chi connectivity index (χ2n) is 13.3. The fraction of sp³-hybridized carbons (Fsp3) is 0.459. The maximum Gasteiger partial charge on any atom is 0.120 e. The molecule has 0 aromatic carbocycles. The lowest BCUT2D eigenvalue weighted by molar-refractivity contribution is 0.0629. The van der Waals surface area contributed by atoms with Crippen LogP contribution in [0.4, 0.5) is 5.69 Å². The zero-order valence-electron chi connectivity index (χ0n) is 28.0. The van der Waals surface area contributed by atoms with Crippen molar-refractivity contribution in [3.05, 3.63) is 85.5 Å². The Hall–Kier alpha value is -3.45. The molecule has 8 rings (SSSR count). The summed E-state index contributed by atoms with van der Waals surface area (Å²) < 4.78 is 14.7. The van der Waals surface area contributed by atoms with Crippen molar-refractivity contribution in [2.24, 2.45) is 0 Å². The van der Waals surface area contributed by atoms with Gasteiger partial charge in [0.1, 0.15) is 15.1 Å². The van der Waals surface area contributed by atoms with Crippen LogP contribution in [-0.2, 0) is 4.74 Å². The molecule has 4 saturated heterocycles. The quantitative estimate of drug-likeness (QED) is 0.265. The number of anilines is 1. The molecule has 0 radical (unpaired) electrons. The second-order valence-corrected chi connectivity index (χ2v) is 18.9. The van der Waals surface area contributed by atoms with E-state index in [1.54, 1.807) is 0 Å². The van der Waals surface area contributed by atoms with Gasteiger partial charge in [0.25, 0.3) is 0 Å². The Bertz CT molecular complexity index is 1590. The fourth-order valence-corrected chi connectivity index (χ4v) is 18.9. The third-order valence-electron chi connectivity index (χ3n) is 11.2. The van der Waals surface area contributed by atoms with Crippen LogP contribution in [-0.4, -0.2) is 112 Å². The molecule has 0 unspecified atom stereocenters. The maximum absolute atomic E-state index is 6.23. The number of hydrogen-bond donors (Lipinski definition) is 1. The molecule has 4 aromatic heterocycles. The summed E-state index contributed by atoms with van der Waals surface area (Å²) in [6, 6.07) is 21.6. The van der Waals surface area contributed by atoms with E-state index < -0.39 is 8.85 Å². The molecule has 10 nitrogen and oxygen atoms in total. The van der Waals surface area contributed by atoms with E-state index in [-0.39, 0.29) is 0 Å². The van der Waals surface area contributed by atoms with Gasteiger partial charge in [0.05, 0.1) is 30.2 Å². The Morgan fingerprint density at radius 2 is 1.12 bits per heavy atom. The summed E-state index contributed by atoms with van der Waals surface area (Å²) in [5.74, 6) is 0.